The highest BCUT2D eigenvalue weighted by Crippen LogP contribution is 2.23. The van der Waals surface area contributed by atoms with Gasteiger partial charge >= 0.3 is 0 Å². The number of nitro groups is 1. The molecule has 0 bridgehead atoms. The van der Waals surface area contributed by atoms with Crippen LogP contribution in [0.25, 0.3) is 10.2 Å². The Balaban J connectivity index is 2.09. The summed E-state index contributed by atoms with van der Waals surface area (Å²) in [5, 5.41) is 11.0. The first-order valence-electron chi connectivity index (χ1n) is 8.51. The zero-order valence-electron chi connectivity index (χ0n) is 15.0. The van der Waals surface area contributed by atoms with E-state index in [1.54, 1.807) is 18.2 Å². The SMILES string of the molecule is CCOCCn1c(=NC(=O)c2cccc(C)c2)sc2cc([N+](=O)[O-])ccc21. The van der Waals surface area contributed by atoms with E-state index >= 15 is 0 Å². The fraction of sp³-hybridized carbons (Fsp3) is 0.263. The predicted octanol–water partition coefficient (Wildman–Crippen LogP) is 3.70. The van der Waals surface area contributed by atoms with Crippen LogP contribution in [0.2, 0.25) is 0 Å². The first-order valence-corrected chi connectivity index (χ1v) is 9.32. The maximum Gasteiger partial charge on any atom is 0.279 e. The molecule has 0 fully saturated rings. The number of nitro benzene ring substituents is 1. The molecule has 1 amide bonds. The zero-order valence-corrected chi connectivity index (χ0v) is 15.9. The molecule has 2 aromatic carbocycles. The lowest BCUT2D eigenvalue weighted by Crippen LogP contribution is -2.19. The fourth-order valence-corrected chi connectivity index (χ4v) is 3.79. The number of aryl methyl sites for hydroxylation is 1. The second-order valence-electron chi connectivity index (χ2n) is 5.93. The number of ether oxygens (including phenoxy) is 1. The minimum Gasteiger partial charge on any atom is -0.380 e. The number of amides is 1. The van der Waals surface area contributed by atoms with Crippen molar-refractivity contribution >= 4 is 33.1 Å². The van der Waals surface area contributed by atoms with E-state index in [2.05, 4.69) is 4.99 Å². The summed E-state index contributed by atoms with van der Waals surface area (Å²) in [6.07, 6.45) is 0. The van der Waals surface area contributed by atoms with Crippen LogP contribution in [-0.2, 0) is 11.3 Å². The van der Waals surface area contributed by atoms with Crippen molar-refractivity contribution in [3.8, 4) is 0 Å². The number of nitrogens with zero attached hydrogens (tertiary/aromatic N) is 3. The summed E-state index contributed by atoms with van der Waals surface area (Å²) < 4.78 is 8.00. The number of hydrogen-bond donors (Lipinski definition) is 0. The van der Waals surface area contributed by atoms with Crippen LogP contribution in [0.4, 0.5) is 5.69 Å². The minimum atomic E-state index is -0.432. The first-order chi connectivity index (χ1) is 13.0. The summed E-state index contributed by atoms with van der Waals surface area (Å²) in [4.78, 5) is 28.0. The average molecular weight is 385 g/mol. The molecule has 3 aromatic rings. The number of fused-ring (bicyclic) bond motifs is 1. The van der Waals surface area contributed by atoms with Crippen molar-refractivity contribution in [2.24, 2.45) is 4.99 Å². The summed E-state index contributed by atoms with van der Waals surface area (Å²) in [6, 6.07) is 11.9. The molecule has 0 N–H and O–H groups in total. The molecule has 27 heavy (non-hydrogen) atoms. The van der Waals surface area contributed by atoms with E-state index in [1.165, 1.54) is 23.5 Å². The molecule has 0 saturated carbocycles. The summed E-state index contributed by atoms with van der Waals surface area (Å²) in [7, 11) is 0. The van der Waals surface area contributed by atoms with Gasteiger partial charge in [-0.15, -0.1) is 0 Å². The molecular formula is C19H19N3O4S. The molecule has 7 nitrogen and oxygen atoms in total. The van der Waals surface area contributed by atoms with Crippen molar-refractivity contribution in [3.05, 3.63) is 68.5 Å². The van der Waals surface area contributed by atoms with Crippen LogP contribution in [0.1, 0.15) is 22.8 Å². The second kappa shape index (κ2) is 8.24. The highest BCUT2D eigenvalue weighted by atomic mass is 32.1. The third-order valence-corrected chi connectivity index (χ3v) is 5.04. The number of hydrogen-bond acceptors (Lipinski definition) is 5. The van der Waals surface area contributed by atoms with Crippen molar-refractivity contribution in [1.29, 1.82) is 0 Å². The smallest absolute Gasteiger partial charge is 0.279 e. The van der Waals surface area contributed by atoms with Crippen molar-refractivity contribution in [2.45, 2.75) is 20.4 Å². The topological polar surface area (TPSA) is 86.7 Å². The second-order valence-corrected chi connectivity index (χ2v) is 6.94. The monoisotopic (exact) mass is 385 g/mol. The van der Waals surface area contributed by atoms with Crippen LogP contribution in [-0.4, -0.2) is 28.6 Å². The van der Waals surface area contributed by atoms with Crippen molar-refractivity contribution in [3.63, 3.8) is 0 Å². The van der Waals surface area contributed by atoms with Crippen molar-refractivity contribution < 1.29 is 14.5 Å². The molecule has 1 heterocycles. The van der Waals surface area contributed by atoms with Gasteiger partial charge < -0.3 is 9.30 Å². The van der Waals surface area contributed by atoms with Gasteiger partial charge in [-0.2, -0.15) is 4.99 Å². The van der Waals surface area contributed by atoms with Gasteiger partial charge in [-0.05, 0) is 32.0 Å². The maximum atomic E-state index is 12.6. The zero-order chi connectivity index (χ0) is 19.4. The van der Waals surface area contributed by atoms with E-state index in [0.29, 0.717) is 34.8 Å². The van der Waals surface area contributed by atoms with Gasteiger partial charge in [-0.1, -0.05) is 29.0 Å². The van der Waals surface area contributed by atoms with E-state index in [9.17, 15) is 14.9 Å². The van der Waals surface area contributed by atoms with Crippen LogP contribution >= 0.6 is 11.3 Å². The van der Waals surface area contributed by atoms with Crippen LogP contribution in [0.5, 0.6) is 0 Å². The van der Waals surface area contributed by atoms with Gasteiger partial charge in [0.2, 0.25) is 0 Å². The Morgan fingerprint density at radius 3 is 2.81 bits per heavy atom. The number of benzene rings is 2. The predicted molar refractivity (Wildman–Crippen MR) is 104 cm³/mol. The van der Waals surface area contributed by atoms with Gasteiger partial charge in [0.1, 0.15) is 0 Å². The van der Waals surface area contributed by atoms with Gasteiger partial charge in [0.05, 0.1) is 21.7 Å². The van der Waals surface area contributed by atoms with E-state index in [4.69, 9.17) is 4.74 Å². The largest absolute Gasteiger partial charge is 0.380 e. The summed E-state index contributed by atoms with van der Waals surface area (Å²) in [5.41, 5.74) is 2.29. The molecular weight excluding hydrogens is 366 g/mol. The Morgan fingerprint density at radius 2 is 2.11 bits per heavy atom. The molecule has 1 aromatic heterocycles. The third-order valence-electron chi connectivity index (χ3n) is 4.00. The Hall–Kier alpha value is -2.84. The number of non-ortho nitro benzene ring substituents is 1. The maximum absolute atomic E-state index is 12.6. The van der Waals surface area contributed by atoms with Gasteiger partial charge in [-0.3, -0.25) is 14.9 Å². The number of carbonyl (C=O) groups is 1. The van der Waals surface area contributed by atoms with Crippen molar-refractivity contribution in [2.75, 3.05) is 13.2 Å². The third kappa shape index (κ3) is 4.29. The number of carbonyl (C=O) groups excluding carboxylic acids is 1. The lowest BCUT2D eigenvalue weighted by molar-refractivity contribution is -0.384. The molecule has 0 aliphatic carbocycles. The molecule has 0 aliphatic heterocycles. The lowest BCUT2D eigenvalue weighted by Gasteiger charge is -2.05. The van der Waals surface area contributed by atoms with E-state index in [0.717, 1.165) is 11.1 Å². The molecule has 0 atom stereocenters. The van der Waals surface area contributed by atoms with Gasteiger partial charge in [0, 0.05) is 30.8 Å². The fourth-order valence-electron chi connectivity index (χ4n) is 2.71. The quantitative estimate of drug-likeness (QED) is 0.368. The number of thiazole rings is 1. The number of aromatic nitrogens is 1. The summed E-state index contributed by atoms with van der Waals surface area (Å²) >= 11 is 1.26. The van der Waals surface area contributed by atoms with Crippen LogP contribution in [0, 0.1) is 17.0 Å². The first kappa shape index (κ1) is 18.9. The highest BCUT2D eigenvalue weighted by Gasteiger charge is 2.13. The normalized spacial score (nSPS) is 11.9. The molecule has 0 radical (unpaired) electrons. The van der Waals surface area contributed by atoms with Gasteiger partial charge in [0.15, 0.2) is 4.80 Å². The minimum absolute atomic E-state index is 0.0114. The van der Waals surface area contributed by atoms with Crippen molar-refractivity contribution in [1.82, 2.24) is 4.57 Å². The Kier molecular flexibility index (Phi) is 5.78. The van der Waals surface area contributed by atoms with Crippen LogP contribution in [0.15, 0.2) is 47.5 Å². The lowest BCUT2D eigenvalue weighted by atomic mass is 10.1. The molecule has 0 spiro atoms. The molecule has 140 valence electrons. The average Bonchev–Trinajstić information content (AvgIpc) is 2.98. The Labute approximate surface area is 159 Å². The summed E-state index contributed by atoms with van der Waals surface area (Å²) in [5.74, 6) is -0.343. The Bertz CT molecular complexity index is 1070. The summed E-state index contributed by atoms with van der Waals surface area (Å²) in [6.45, 7) is 5.38. The molecule has 0 aliphatic rings. The van der Waals surface area contributed by atoms with Gasteiger partial charge in [0.25, 0.3) is 11.6 Å². The molecule has 3 rings (SSSR count). The Morgan fingerprint density at radius 1 is 1.30 bits per heavy atom. The van der Waals surface area contributed by atoms with E-state index < -0.39 is 4.92 Å². The standard InChI is InChI=1S/C19H19N3O4S/c1-3-26-10-9-21-16-8-7-15(22(24)25)12-17(16)27-19(21)20-18(23)14-6-4-5-13(2)11-14/h4-8,11-12H,3,9-10H2,1-2H3. The van der Waals surface area contributed by atoms with Crippen LogP contribution < -0.4 is 4.80 Å². The molecule has 0 saturated heterocycles. The van der Waals surface area contributed by atoms with E-state index in [-0.39, 0.29) is 11.6 Å². The highest BCUT2D eigenvalue weighted by molar-refractivity contribution is 7.16. The van der Waals surface area contributed by atoms with Gasteiger partial charge in [-0.25, -0.2) is 0 Å². The van der Waals surface area contributed by atoms with Crippen LogP contribution in [0.3, 0.4) is 0 Å². The molecule has 0 unspecified atom stereocenters. The number of rotatable bonds is 6. The van der Waals surface area contributed by atoms with E-state index in [1.807, 2.05) is 30.5 Å². The molecule has 8 heteroatoms.